The van der Waals surface area contributed by atoms with Crippen LogP contribution in [0.1, 0.15) is 25.5 Å². The number of nitrogens with zero attached hydrogens (tertiary/aromatic N) is 1. The molecule has 0 saturated heterocycles. The second-order valence-electron chi connectivity index (χ2n) is 3.92. The average Bonchev–Trinajstić information content (AvgIpc) is 2.38. The van der Waals surface area contributed by atoms with Crippen LogP contribution in [0.5, 0.6) is 5.75 Å². The van der Waals surface area contributed by atoms with Gasteiger partial charge in [-0.2, -0.15) is 5.26 Å². The maximum absolute atomic E-state index is 11.9. The fourth-order valence-electron chi connectivity index (χ4n) is 1.68. The summed E-state index contributed by atoms with van der Waals surface area (Å²) in [5, 5.41) is 9.15. The van der Waals surface area contributed by atoms with Crippen LogP contribution in [0.2, 0.25) is 0 Å². The first-order valence-corrected chi connectivity index (χ1v) is 5.86. The maximum Gasteiger partial charge on any atom is 0.207 e. The van der Waals surface area contributed by atoms with Crippen molar-refractivity contribution >= 4 is 11.0 Å². The van der Waals surface area contributed by atoms with Crippen molar-refractivity contribution < 1.29 is 9.15 Å². The van der Waals surface area contributed by atoms with E-state index in [9.17, 15) is 4.79 Å². The lowest BCUT2D eigenvalue weighted by Gasteiger charge is -2.07. The van der Waals surface area contributed by atoms with E-state index in [2.05, 4.69) is 6.92 Å². The number of benzene rings is 1. The Balaban J connectivity index is 2.49. The van der Waals surface area contributed by atoms with Crippen molar-refractivity contribution in [1.82, 2.24) is 0 Å². The first kappa shape index (κ1) is 12.2. The predicted octanol–water partition coefficient (Wildman–Crippen LogP) is 2.84. The highest BCUT2D eigenvalue weighted by molar-refractivity contribution is 5.83. The second-order valence-corrected chi connectivity index (χ2v) is 3.92. The zero-order valence-electron chi connectivity index (χ0n) is 10.1. The molecule has 18 heavy (non-hydrogen) atoms. The van der Waals surface area contributed by atoms with Crippen LogP contribution < -0.4 is 10.2 Å². The molecular formula is C14H13NO3. The van der Waals surface area contributed by atoms with E-state index in [-0.39, 0.29) is 11.2 Å². The zero-order chi connectivity index (χ0) is 13.0. The number of hydrogen-bond donors (Lipinski definition) is 0. The van der Waals surface area contributed by atoms with Gasteiger partial charge in [-0.05, 0) is 18.6 Å². The summed E-state index contributed by atoms with van der Waals surface area (Å²) in [6, 6.07) is 8.15. The van der Waals surface area contributed by atoms with Crippen molar-refractivity contribution in [3.63, 3.8) is 0 Å². The number of fused-ring (bicyclic) bond motifs is 1. The Bertz CT molecular complexity index is 652. The predicted molar refractivity (Wildman–Crippen MR) is 67.6 cm³/mol. The van der Waals surface area contributed by atoms with Crippen LogP contribution in [0, 0.1) is 11.3 Å². The molecule has 0 aliphatic heterocycles. The Labute approximate surface area is 104 Å². The molecule has 0 aliphatic rings. The van der Waals surface area contributed by atoms with Crippen LogP contribution in [0.4, 0.5) is 0 Å². The zero-order valence-corrected chi connectivity index (χ0v) is 10.1. The van der Waals surface area contributed by atoms with E-state index < -0.39 is 0 Å². The average molecular weight is 243 g/mol. The lowest BCUT2D eigenvalue weighted by molar-refractivity contribution is 0.312. The summed E-state index contributed by atoms with van der Waals surface area (Å²) in [5.74, 6) is 0.525. The Hall–Kier alpha value is -2.28. The highest BCUT2D eigenvalue weighted by Gasteiger charge is 2.09. The molecule has 1 aromatic carbocycles. The van der Waals surface area contributed by atoms with Crippen LogP contribution in [0.3, 0.4) is 0 Å². The van der Waals surface area contributed by atoms with E-state index in [4.69, 9.17) is 14.4 Å². The van der Waals surface area contributed by atoms with Crippen molar-refractivity contribution in [3.8, 4) is 11.8 Å². The molecule has 2 rings (SSSR count). The highest BCUT2D eigenvalue weighted by atomic mass is 16.5. The van der Waals surface area contributed by atoms with Gasteiger partial charge in [-0.15, -0.1) is 0 Å². The van der Waals surface area contributed by atoms with Crippen molar-refractivity contribution in [1.29, 1.82) is 5.26 Å². The van der Waals surface area contributed by atoms with Crippen LogP contribution in [-0.4, -0.2) is 6.61 Å². The molecule has 1 aromatic heterocycles. The fraction of sp³-hybridized carbons (Fsp3) is 0.286. The molecule has 1 heterocycles. The van der Waals surface area contributed by atoms with Crippen molar-refractivity contribution in [2.24, 2.45) is 0 Å². The summed E-state index contributed by atoms with van der Waals surface area (Å²) >= 11 is 0. The molecular weight excluding hydrogens is 230 g/mol. The maximum atomic E-state index is 11.9. The summed E-state index contributed by atoms with van der Waals surface area (Å²) in [6.45, 7) is 2.63. The van der Waals surface area contributed by atoms with Crippen LogP contribution in [0.25, 0.3) is 11.0 Å². The molecule has 4 nitrogen and oxygen atoms in total. The van der Waals surface area contributed by atoms with Gasteiger partial charge >= 0.3 is 0 Å². The Morgan fingerprint density at radius 3 is 3.00 bits per heavy atom. The Morgan fingerprint density at radius 2 is 2.28 bits per heavy atom. The molecule has 0 radical (unpaired) electrons. The standard InChI is InChI=1S/C14H13NO3/c1-2-3-7-17-12-5-4-6-13-14(12)11(16)8-10(9-15)18-13/h4-6,8H,2-3,7H2,1H3. The monoisotopic (exact) mass is 243 g/mol. The summed E-state index contributed by atoms with van der Waals surface area (Å²) in [5.41, 5.74) is 0.132. The Morgan fingerprint density at radius 1 is 1.44 bits per heavy atom. The summed E-state index contributed by atoms with van der Waals surface area (Å²) in [7, 11) is 0. The Kier molecular flexibility index (Phi) is 3.63. The number of rotatable bonds is 4. The van der Waals surface area contributed by atoms with E-state index in [1.54, 1.807) is 18.2 Å². The van der Waals surface area contributed by atoms with Gasteiger partial charge in [0.15, 0.2) is 5.43 Å². The van der Waals surface area contributed by atoms with Crippen molar-refractivity contribution in [2.45, 2.75) is 19.8 Å². The molecule has 0 aliphatic carbocycles. The van der Waals surface area contributed by atoms with Crippen LogP contribution >= 0.6 is 0 Å². The molecule has 0 bridgehead atoms. The largest absolute Gasteiger partial charge is 0.493 e. The van der Waals surface area contributed by atoms with Gasteiger partial charge in [0.2, 0.25) is 5.76 Å². The van der Waals surface area contributed by atoms with Gasteiger partial charge in [-0.3, -0.25) is 4.79 Å². The van der Waals surface area contributed by atoms with E-state index in [1.165, 1.54) is 6.07 Å². The molecule has 0 unspecified atom stereocenters. The molecule has 0 spiro atoms. The summed E-state index contributed by atoms with van der Waals surface area (Å²) in [4.78, 5) is 11.9. The highest BCUT2D eigenvalue weighted by Crippen LogP contribution is 2.23. The van der Waals surface area contributed by atoms with Gasteiger partial charge in [0.1, 0.15) is 22.8 Å². The van der Waals surface area contributed by atoms with E-state index in [0.29, 0.717) is 23.3 Å². The number of ether oxygens (including phenoxy) is 1. The van der Waals surface area contributed by atoms with Gasteiger partial charge in [-0.25, -0.2) is 0 Å². The molecule has 0 N–H and O–H groups in total. The molecule has 4 heteroatoms. The van der Waals surface area contributed by atoms with Crippen LogP contribution in [-0.2, 0) is 0 Å². The van der Waals surface area contributed by atoms with Gasteiger partial charge in [-0.1, -0.05) is 19.4 Å². The molecule has 0 amide bonds. The van der Waals surface area contributed by atoms with E-state index in [0.717, 1.165) is 12.8 Å². The minimum absolute atomic E-state index is 0.0122. The molecule has 0 fully saturated rings. The molecule has 0 saturated carbocycles. The summed E-state index contributed by atoms with van der Waals surface area (Å²) in [6.07, 6.45) is 1.95. The van der Waals surface area contributed by atoms with E-state index >= 15 is 0 Å². The fourth-order valence-corrected chi connectivity index (χ4v) is 1.68. The summed E-state index contributed by atoms with van der Waals surface area (Å²) < 4.78 is 10.9. The van der Waals surface area contributed by atoms with Gasteiger partial charge < -0.3 is 9.15 Å². The second kappa shape index (κ2) is 5.37. The normalized spacial score (nSPS) is 10.2. The third kappa shape index (κ3) is 2.35. The third-order valence-corrected chi connectivity index (χ3v) is 2.58. The van der Waals surface area contributed by atoms with E-state index in [1.807, 2.05) is 6.07 Å². The minimum atomic E-state index is -0.250. The molecule has 2 aromatic rings. The smallest absolute Gasteiger partial charge is 0.207 e. The quantitative estimate of drug-likeness (QED) is 0.774. The first-order valence-electron chi connectivity index (χ1n) is 5.86. The van der Waals surface area contributed by atoms with Gasteiger partial charge in [0.25, 0.3) is 0 Å². The SMILES string of the molecule is CCCCOc1cccc2oc(C#N)cc(=O)c12. The molecule has 0 atom stereocenters. The third-order valence-electron chi connectivity index (χ3n) is 2.58. The molecule has 92 valence electrons. The number of nitriles is 1. The number of hydrogen-bond acceptors (Lipinski definition) is 4. The lowest BCUT2D eigenvalue weighted by atomic mass is 10.2. The van der Waals surface area contributed by atoms with Gasteiger partial charge in [0.05, 0.1) is 6.61 Å². The minimum Gasteiger partial charge on any atom is -0.493 e. The van der Waals surface area contributed by atoms with Crippen LogP contribution in [0.15, 0.2) is 33.5 Å². The van der Waals surface area contributed by atoms with Crippen molar-refractivity contribution in [2.75, 3.05) is 6.61 Å². The topological polar surface area (TPSA) is 63.2 Å². The number of unbranched alkanes of at least 4 members (excludes halogenated alkanes) is 1. The van der Waals surface area contributed by atoms with Gasteiger partial charge in [0, 0.05) is 6.07 Å². The first-order chi connectivity index (χ1) is 8.76. The van der Waals surface area contributed by atoms with Crippen molar-refractivity contribution in [3.05, 3.63) is 40.2 Å². The lowest BCUT2D eigenvalue weighted by Crippen LogP contribution is -2.05.